The first-order valence-electron chi connectivity index (χ1n) is 6.08. The quantitative estimate of drug-likeness (QED) is 0.753. The number of nitrogens with one attached hydrogen (secondary N) is 1. The zero-order chi connectivity index (χ0) is 11.0. The highest BCUT2D eigenvalue weighted by Gasteiger charge is 2.28. The summed E-state index contributed by atoms with van der Waals surface area (Å²) in [6.45, 7) is 0. The molecular formula is C14H19NS. The van der Waals surface area contributed by atoms with Crippen molar-refractivity contribution in [3.8, 4) is 0 Å². The van der Waals surface area contributed by atoms with Gasteiger partial charge in [0.25, 0.3) is 0 Å². The zero-order valence-electron chi connectivity index (χ0n) is 9.83. The van der Waals surface area contributed by atoms with E-state index >= 15 is 0 Å². The predicted molar refractivity (Wildman–Crippen MR) is 74.2 cm³/mol. The van der Waals surface area contributed by atoms with Crippen molar-refractivity contribution < 1.29 is 0 Å². The third kappa shape index (κ3) is 1.56. The molecule has 0 spiro atoms. The van der Waals surface area contributed by atoms with Crippen LogP contribution in [0, 0.1) is 0 Å². The van der Waals surface area contributed by atoms with Gasteiger partial charge in [0.2, 0.25) is 0 Å². The molecule has 3 rings (SSSR count). The van der Waals surface area contributed by atoms with Crippen LogP contribution in [0.2, 0.25) is 0 Å². The van der Waals surface area contributed by atoms with Crippen LogP contribution in [0.1, 0.15) is 30.5 Å². The van der Waals surface area contributed by atoms with Crippen molar-refractivity contribution in [3.63, 3.8) is 0 Å². The maximum absolute atomic E-state index is 3.45. The van der Waals surface area contributed by atoms with Gasteiger partial charge in [-0.15, -0.1) is 0 Å². The molecule has 0 radical (unpaired) electrons. The van der Waals surface area contributed by atoms with Gasteiger partial charge < -0.3 is 4.98 Å². The van der Waals surface area contributed by atoms with Crippen molar-refractivity contribution in [1.29, 1.82) is 0 Å². The summed E-state index contributed by atoms with van der Waals surface area (Å²) >= 11 is 0. The molecule has 1 fully saturated rings. The molecule has 2 aliphatic rings. The Morgan fingerprint density at radius 1 is 1.12 bits per heavy atom. The standard InChI is InChI=1S/C14H19NS/c1-16(9-5-6-10-16)14-11-15-13-8-4-2-3-7-12(13)14/h3-4,7-8,11,15H,2,5-6,9-10H2,1H3. The van der Waals surface area contributed by atoms with Crippen LogP contribution in [0.4, 0.5) is 0 Å². The van der Waals surface area contributed by atoms with E-state index in [4.69, 9.17) is 0 Å². The summed E-state index contributed by atoms with van der Waals surface area (Å²) in [5.41, 5.74) is 2.78. The van der Waals surface area contributed by atoms with Crippen LogP contribution < -0.4 is 0 Å². The van der Waals surface area contributed by atoms with Gasteiger partial charge in [-0.1, -0.05) is 18.2 Å². The third-order valence-corrected chi connectivity index (χ3v) is 7.51. The highest BCUT2D eigenvalue weighted by molar-refractivity contribution is 8.33. The molecule has 2 heterocycles. The molecule has 0 bridgehead atoms. The highest BCUT2D eigenvalue weighted by atomic mass is 32.3. The van der Waals surface area contributed by atoms with E-state index in [0.717, 1.165) is 6.42 Å². The molecule has 86 valence electrons. The van der Waals surface area contributed by atoms with Crippen molar-refractivity contribution in [2.75, 3.05) is 17.8 Å². The minimum absolute atomic E-state index is 0.513. The van der Waals surface area contributed by atoms with Crippen LogP contribution in [-0.4, -0.2) is 22.7 Å². The topological polar surface area (TPSA) is 15.8 Å². The molecule has 1 aliphatic carbocycles. The Balaban J connectivity index is 2.09. The maximum Gasteiger partial charge on any atom is 0.0461 e. The smallest absolute Gasteiger partial charge is 0.0461 e. The molecule has 0 aromatic carbocycles. The van der Waals surface area contributed by atoms with Crippen molar-refractivity contribution in [3.05, 3.63) is 29.6 Å². The van der Waals surface area contributed by atoms with Gasteiger partial charge in [-0.2, -0.15) is 0 Å². The fraction of sp³-hybridized carbons (Fsp3) is 0.429. The largest absolute Gasteiger partial charge is 0.360 e. The summed E-state index contributed by atoms with van der Waals surface area (Å²) < 4.78 is 0. The summed E-state index contributed by atoms with van der Waals surface area (Å²) in [7, 11) is -0.513. The number of aromatic nitrogens is 1. The van der Waals surface area contributed by atoms with Crippen LogP contribution in [-0.2, 0) is 0 Å². The Hall–Kier alpha value is -0.890. The van der Waals surface area contributed by atoms with E-state index in [1.165, 1.54) is 35.6 Å². The Labute approximate surface area is 99.0 Å². The van der Waals surface area contributed by atoms with E-state index in [2.05, 4.69) is 41.7 Å². The summed E-state index contributed by atoms with van der Waals surface area (Å²) in [6.07, 6.45) is 17.7. The third-order valence-electron chi connectivity index (χ3n) is 3.73. The second kappa shape index (κ2) is 3.85. The van der Waals surface area contributed by atoms with Crippen molar-refractivity contribution in [2.45, 2.75) is 24.2 Å². The lowest BCUT2D eigenvalue weighted by atomic mass is 10.2. The molecule has 1 nitrogen and oxygen atoms in total. The van der Waals surface area contributed by atoms with Crippen molar-refractivity contribution >= 4 is 22.2 Å². The van der Waals surface area contributed by atoms with Gasteiger partial charge in [0, 0.05) is 22.3 Å². The van der Waals surface area contributed by atoms with Gasteiger partial charge >= 0.3 is 0 Å². The van der Waals surface area contributed by atoms with Crippen LogP contribution >= 0.6 is 10.0 Å². The minimum atomic E-state index is -0.513. The Morgan fingerprint density at radius 3 is 2.69 bits per heavy atom. The van der Waals surface area contributed by atoms with Gasteiger partial charge in [-0.05, 0) is 43.1 Å². The predicted octanol–water partition coefficient (Wildman–Crippen LogP) is 4.03. The molecule has 0 unspecified atom stereocenters. The second-order valence-electron chi connectivity index (χ2n) is 4.91. The van der Waals surface area contributed by atoms with E-state index in [-0.39, 0.29) is 0 Å². The molecule has 1 N–H and O–H groups in total. The number of H-pyrrole nitrogens is 1. The molecular weight excluding hydrogens is 214 g/mol. The number of aromatic amines is 1. The van der Waals surface area contributed by atoms with Crippen LogP contribution in [0.25, 0.3) is 12.2 Å². The first-order valence-corrected chi connectivity index (χ1v) is 8.46. The molecule has 1 aromatic heterocycles. The fourth-order valence-electron chi connectivity index (χ4n) is 2.76. The van der Waals surface area contributed by atoms with Gasteiger partial charge in [0.15, 0.2) is 0 Å². The fourth-order valence-corrected chi connectivity index (χ4v) is 6.14. The Bertz CT molecular complexity index is 447. The Morgan fingerprint density at radius 2 is 1.88 bits per heavy atom. The number of hydrogen-bond acceptors (Lipinski definition) is 0. The molecule has 0 saturated carbocycles. The average molecular weight is 233 g/mol. The molecule has 1 aliphatic heterocycles. The first-order chi connectivity index (χ1) is 7.80. The van der Waals surface area contributed by atoms with Gasteiger partial charge in [-0.3, -0.25) is 0 Å². The van der Waals surface area contributed by atoms with E-state index in [1.807, 2.05) is 0 Å². The zero-order valence-corrected chi connectivity index (χ0v) is 10.6. The number of rotatable bonds is 1. The summed E-state index contributed by atoms with van der Waals surface area (Å²) in [4.78, 5) is 5.06. The summed E-state index contributed by atoms with van der Waals surface area (Å²) in [5, 5.41) is 0. The monoisotopic (exact) mass is 233 g/mol. The number of allylic oxidation sites excluding steroid dienone is 2. The lowest BCUT2D eigenvalue weighted by Gasteiger charge is -2.30. The van der Waals surface area contributed by atoms with Crippen LogP contribution in [0.15, 0.2) is 23.2 Å². The SMILES string of the molecule is CS1(c2c[nH]c3c2C=CCC=C3)CCCC1. The normalized spacial score (nSPS) is 24.1. The lowest BCUT2D eigenvalue weighted by molar-refractivity contribution is 0.949. The molecule has 1 aromatic rings. The average Bonchev–Trinajstić information content (AvgIpc) is 2.81. The van der Waals surface area contributed by atoms with Crippen molar-refractivity contribution in [1.82, 2.24) is 4.98 Å². The van der Waals surface area contributed by atoms with E-state index in [9.17, 15) is 0 Å². The van der Waals surface area contributed by atoms with E-state index in [0.29, 0.717) is 0 Å². The van der Waals surface area contributed by atoms with Crippen LogP contribution in [0.3, 0.4) is 0 Å². The van der Waals surface area contributed by atoms with Crippen molar-refractivity contribution in [2.24, 2.45) is 0 Å². The maximum atomic E-state index is 3.45. The summed E-state index contributed by atoms with van der Waals surface area (Å²) in [6, 6.07) is 0. The number of fused-ring (bicyclic) bond motifs is 1. The molecule has 0 atom stereocenters. The molecule has 16 heavy (non-hydrogen) atoms. The minimum Gasteiger partial charge on any atom is -0.360 e. The lowest BCUT2D eigenvalue weighted by Crippen LogP contribution is -2.00. The molecule has 0 amide bonds. The van der Waals surface area contributed by atoms with E-state index in [1.54, 1.807) is 4.90 Å². The summed E-state index contributed by atoms with van der Waals surface area (Å²) in [5.74, 6) is 2.85. The first kappa shape index (κ1) is 10.3. The van der Waals surface area contributed by atoms with Gasteiger partial charge in [0.1, 0.15) is 0 Å². The van der Waals surface area contributed by atoms with E-state index < -0.39 is 10.0 Å². The molecule has 1 saturated heterocycles. The highest BCUT2D eigenvalue weighted by Crippen LogP contribution is 2.59. The second-order valence-corrected chi connectivity index (χ2v) is 8.72. The van der Waals surface area contributed by atoms with Crippen LogP contribution in [0.5, 0.6) is 0 Å². The Kier molecular flexibility index (Phi) is 2.47. The molecule has 2 heteroatoms. The van der Waals surface area contributed by atoms with Gasteiger partial charge in [-0.25, -0.2) is 10.0 Å². The van der Waals surface area contributed by atoms with Gasteiger partial charge in [0.05, 0.1) is 0 Å². The number of hydrogen-bond donors (Lipinski definition) is 1.